The van der Waals surface area contributed by atoms with Crippen LogP contribution in [0, 0.1) is 17.4 Å². The second-order valence-electron chi connectivity index (χ2n) is 3.87. The van der Waals surface area contributed by atoms with Crippen molar-refractivity contribution in [2.45, 2.75) is 13.8 Å². The number of halogens is 1. The predicted octanol–water partition coefficient (Wildman–Crippen LogP) is 2.73. The molecule has 18 heavy (non-hydrogen) atoms. The Balaban J connectivity index is 2.37. The molecule has 4 N–H and O–H groups in total. The lowest BCUT2D eigenvalue weighted by Crippen LogP contribution is -2.13. The third kappa shape index (κ3) is 2.88. The van der Waals surface area contributed by atoms with Gasteiger partial charge in [0.2, 0.25) is 0 Å². The fourth-order valence-electron chi connectivity index (χ4n) is 1.59. The van der Waals surface area contributed by atoms with E-state index in [4.69, 9.17) is 5.84 Å². The van der Waals surface area contributed by atoms with E-state index in [1.807, 2.05) is 38.1 Å². The second kappa shape index (κ2) is 5.49. The van der Waals surface area contributed by atoms with Gasteiger partial charge in [0.25, 0.3) is 0 Å². The molecule has 1 aromatic heterocycles. The molecule has 0 amide bonds. The Morgan fingerprint density at radius 2 is 1.89 bits per heavy atom. The third-order valence-corrected chi connectivity index (χ3v) is 3.15. The van der Waals surface area contributed by atoms with Gasteiger partial charge in [-0.1, -0.05) is 6.07 Å². The fraction of sp³-hybridized carbons (Fsp3) is 0.167. The Morgan fingerprint density at radius 3 is 2.56 bits per heavy atom. The van der Waals surface area contributed by atoms with Crippen LogP contribution in [0.5, 0.6) is 0 Å². The largest absolute Gasteiger partial charge is 0.340 e. The third-order valence-electron chi connectivity index (χ3n) is 2.48. The molecule has 0 aliphatic rings. The molecule has 5 nitrogen and oxygen atoms in total. The Bertz CT molecular complexity index is 570. The van der Waals surface area contributed by atoms with Gasteiger partial charge in [0.15, 0.2) is 0 Å². The number of nitrogens with zero attached hydrogens (tertiary/aromatic N) is 2. The molecule has 0 aliphatic carbocycles. The first-order valence-corrected chi connectivity index (χ1v) is 6.52. The first-order chi connectivity index (χ1) is 8.60. The maximum absolute atomic E-state index is 5.44. The summed E-state index contributed by atoms with van der Waals surface area (Å²) in [5.74, 6) is 7.50. The van der Waals surface area contributed by atoms with Crippen LogP contribution >= 0.6 is 22.6 Å². The number of hydrogen-bond acceptors (Lipinski definition) is 5. The van der Waals surface area contributed by atoms with Crippen LogP contribution in [0.1, 0.15) is 11.4 Å². The maximum atomic E-state index is 5.44. The van der Waals surface area contributed by atoms with E-state index >= 15 is 0 Å². The molecule has 0 fully saturated rings. The van der Waals surface area contributed by atoms with E-state index in [0.29, 0.717) is 11.6 Å². The van der Waals surface area contributed by atoms with Crippen LogP contribution in [-0.4, -0.2) is 9.97 Å². The lowest BCUT2D eigenvalue weighted by Gasteiger charge is -2.12. The molecule has 1 heterocycles. The monoisotopic (exact) mass is 355 g/mol. The Kier molecular flexibility index (Phi) is 3.97. The second-order valence-corrected chi connectivity index (χ2v) is 5.12. The van der Waals surface area contributed by atoms with E-state index < -0.39 is 0 Å². The molecule has 0 spiro atoms. The van der Waals surface area contributed by atoms with Gasteiger partial charge in [-0.05, 0) is 54.6 Å². The number of benzene rings is 1. The van der Waals surface area contributed by atoms with E-state index in [2.05, 4.69) is 43.3 Å². The first-order valence-electron chi connectivity index (χ1n) is 5.44. The summed E-state index contributed by atoms with van der Waals surface area (Å²) in [6, 6.07) is 8.08. The van der Waals surface area contributed by atoms with Crippen LogP contribution in [0.4, 0.5) is 17.3 Å². The zero-order valence-corrected chi connectivity index (χ0v) is 12.3. The summed E-state index contributed by atoms with van der Waals surface area (Å²) in [7, 11) is 0. The number of nitrogens with one attached hydrogen (secondary N) is 2. The van der Waals surface area contributed by atoms with E-state index in [1.165, 1.54) is 3.57 Å². The fourth-order valence-corrected chi connectivity index (χ4v) is 2.14. The molecule has 0 radical (unpaired) electrons. The van der Waals surface area contributed by atoms with E-state index in [1.54, 1.807) is 0 Å². The van der Waals surface area contributed by atoms with Crippen molar-refractivity contribution in [1.29, 1.82) is 0 Å². The number of hydrazine groups is 1. The molecule has 2 aromatic rings. The van der Waals surface area contributed by atoms with Gasteiger partial charge < -0.3 is 10.7 Å². The van der Waals surface area contributed by atoms with Crippen LogP contribution in [0.25, 0.3) is 0 Å². The molecule has 94 valence electrons. The highest BCUT2D eigenvalue weighted by atomic mass is 127. The van der Waals surface area contributed by atoms with Crippen LogP contribution in [0.2, 0.25) is 0 Å². The van der Waals surface area contributed by atoms with Crippen molar-refractivity contribution in [2.75, 3.05) is 10.7 Å². The minimum Gasteiger partial charge on any atom is -0.340 e. The van der Waals surface area contributed by atoms with Gasteiger partial charge in [-0.3, -0.25) is 0 Å². The number of rotatable bonds is 3. The van der Waals surface area contributed by atoms with Crippen molar-refractivity contribution in [3.05, 3.63) is 39.2 Å². The van der Waals surface area contributed by atoms with Crippen molar-refractivity contribution < 1.29 is 0 Å². The first kappa shape index (κ1) is 13.0. The number of aromatic nitrogens is 2. The van der Waals surface area contributed by atoms with Gasteiger partial charge in [-0.15, -0.1) is 0 Å². The number of aryl methyl sites for hydroxylation is 1. The molecule has 0 aliphatic heterocycles. The van der Waals surface area contributed by atoms with Crippen molar-refractivity contribution in [3.8, 4) is 0 Å². The van der Waals surface area contributed by atoms with Crippen molar-refractivity contribution in [2.24, 2.45) is 5.84 Å². The smallest absolute Gasteiger partial charge is 0.148 e. The molecule has 0 saturated carbocycles. The van der Waals surface area contributed by atoms with Crippen LogP contribution in [0.3, 0.4) is 0 Å². The van der Waals surface area contributed by atoms with Gasteiger partial charge in [0, 0.05) is 14.8 Å². The average Bonchev–Trinajstić information content (AvgIpc) is 2.33. The number of nitrogen functional groups attached to an aromatic ring is 1. The van der Waals surface area contributed by atoms with Gasteiger partial charge in [-0.2, -0.15) is 0 Å². The van der Waals surface area contributed by atoms with Crippen LogP contribution in [-0.2, 0) is 0 Å². The molecule has 0 bridgehead atoms. The quantitative estimate of drug-likeness (QED) is 0.449. The summed E-state index contributed by atoms with van der Waals surface area (Å²) in [5, 5.41) is 3.28. The summed E-state index contributed by atoms with van der Waals surface area (Å²) in [6.45, 7) is 3.76. The minimum atomic E-state index is 0.635. The number of nitrogens with two attached hydrogens (primary N) is 1. The topological polar surface area (TPSA) is 75.9 Å². The molecule has 2 rings (SSSR count). The highest BCUT2D eigenvalue weighted by molar-refractivity contribution is 14.1. The van der Waals surface area contributed by atoms with Gasteiger partial charge in [0.1, 0.15) is 17.5 Å². The van der Waals surface area contributed by atoms with E-state index in [-0.39, 0.29) is 0 Å². The van der Waals surface area contributed by atoms with E-state index in [0.717, 1.165) is 17.1 Å². The normalized spacial score (nSPS) is 10.2. The minimum absolute atomic E-state index is 0.635. The lowest BCUT2D eigenvalue weighted by molar-refractivity contribution is 1.03. The Labute approximate surface area is 119 Å². The van der Waals surface area contributed by atoms with Crippen LogP contribution < -0.4 is 16.6 Å². The maximum Gasteiger partial charge on any atom is 0.148 e. The standard InChI is InChI=1S/C12H14IN5/c1-7-11(15-8(2)16-12(7)18-14)17-10-5-3-4-9(13)6-10/h3-6H,14H2,1-2H3,(H2,15,16,17,18). The molecule has 1 aromatic carbocycles. The molecule has 0 unspecified atom stereocenters. The summed E-state index contributed by atoms with van der Waals surface area (Å²) >= 11 is 2.27. The summed E-state index contributed by atoms with van der Waals surface area (Å²) in [4.78, 5) is 8.61. The molecule has 6 heteroatoms. The zero-order valence-electron chi connectivity index (χ0n) is 10.2. The van der Waals surface area contributed by atoms with Gasteiger partial charge >= 0.3 is 0 Å². The SMILES string of the molecule is Cc1nc(NN)c(C)c(Nc2cccc(I)c2)n1. The number of hydrogen-bond donors (Lipinski definition) is 3. The zero-order chi connectivity index (χ0) is 13.1. The summed E-state index contributed by atoms with van der Waals surface area (Å²) in [5.41, 5.74) is 4.46. The summed E-state index contributed by atoms with van der Waals surface area (Å²) < 4.78 is 1.17. The highest BCUT2D eigenvalue weighted by Gasteiger charge is 2.08. The molecular formula is C12H14IN5. The molecule has 0 atom stereocenters. The lowest BCUT2D eigenvalue weighted by atomic mass is 10.2. The van der Waals surface area contributed by atoms with Crippen molar-refractivity contribution in [3.63, 3.8) is 0 Å². The van der Waals surface area contributed by atoms with E-state index in [9.17, 15) is 0 Å². The average molecular weight is 355 g/mol. The van der Waals surface area contributed by atoms with Crippen LogP contribution in [0.15, 0.2) is 24.3 Å². The highest BCUT2D eigenvalue weighted by Crippen LogP contribution is 2.23. The van der Waals surface area contributed by atoms with Crippen molar-refractivity contribution >= 4 is 39.9 Å². The summed E-state index contributed by atoms with van der Waals surface area (Å²) in [6.07, 6.45) is 0. The molecular weight excluding hydrogens is 341 g/mol. The van der Waals surface area contributed by atoms with Crippen molar-refractivity contribution in [1.82, 2.24) is 9.97 Å². The molecule has 0 saturated heterocycles. The number of anilines is 3. The predicted molar refractivity (Wildman–Crippen MR) is 81.8 cm³/mol. The van der Waals surface area contributed by atoms with Gasteiger partial charge in [0.05, 0.1) is 0 Å². The van der Waals surface area contributed by atoms with Gasteiger partial charge in [-0.25, -0.2) is 15.8 Å². The Hall–Kier alpha value is -1.41. The Morgan fingerprint density at radius 1 is 1.17 bits per heavy atom.